The van der Waals surface area contributed by atoms with Crippen molar-refractivity contribution < 1.29 is 18.0 Å². The number of alkyl halides is 3. The van der Waals surface area contributed by atoms with Gasteiger partial charge in [0.1, 0.15) is 5.69 Å². The van der Waals surface area contributed by atoms with Crippen LogP contribution in [0, 0.1) is 0 Å². The van der Waals surface area contributed by atoms with Gasteiger partial charge in [0, 0.05) is 11.9 Å². The predicted molar refractivity (Wildman–Crippen MR) is 82.3 cm³/mol. The summed E-state index contributed by atoms with van der Waals surface area (Å²) in [6, 6.07) is 9.30. The van der Waals surface area contributed by atoms with E-state index >= 15 is 0 Å². The minimum Gasteiger partial charge on any atom is -0.322 e. The average molecular weight is 322 g/mol. The molecule has 2 rings (SSSR count). The summed E-state index contributed by atoms with van der Waals surface area (Å²) in [4.78, 5) is 15.3. The van der Waals surface area contributed by atoms with Crippen LogP contribution in [0.1, 0.15) is 47.8 Å². The zero-order valence-electron chi connectivity index (χ0n) is 12.8. The fourth-order valence-electron chi connectivity index (χ4n) is 2.03. The summed E-state index contributed by atoms with van der Waals surface area (Å²) in [6.45, 7) is 4.21. The van der Waals surface area contributed by atoms with E-state index < -0.39 is 17.8 Å². The van der Waals surface area contributed by atoms with Gasteiger partial charge >= 0.3 is 6.18 Å². The second kappa shape index (κ2) is 6.81. The monoisotopic (exact) mass is 322 g/mol. The van der Waals surface area contributed by atoms with E-state index in [9.17, 15) is 18.0 Å². The average Bonchev–Trinajstić information content (AvgIpc) is 2.54. The van der Waals surface area contributed by atoms with Crippen molar-refractivity contribution in [3.63, 3.8) is 0 Å². The molecule has 1 amide bonds. The number of nitrogens with zero attached hydrogens (tertiary/aromatic N) is 1. The van der Waals surface area contributed by atoms with Crippen LogP contribution in [0.2, 0.25) is 0 Å². The van der Waals surface area contributed by atoms with E-state index in [1.165, 1.54) is 5.56 Å². The quantitative estimate of drug-likeness (QED) is 0.873. The lowest BCUT2D eigenvalue weighted by Gasteiger charge is -2.11. The Labute approximate surface area is 132 Å². The van der Waals surface area contributed by atoms with Crippen LogP contribution in [0.5, 0.6) is 0 Å². The Hall–Kier alpha value is -2.37. The van der Waals surface area contributed by atoms with Crippen molar-refractivity contribution in [3.05, 3.63) is 59.4 Å². The van der Waals surface area contributed by atoms with Gasteiger partial charge in [-0.25, -0.2) is 0 Å². The lowest BCUT2D eigenvalue weighted by Crippen LogP contribution is -2.14. The highest BCUT2D eigenvalue weighted by Gasteiger charge is 2.32. The Morgan fingerprint density at radius 3 is 2.30 bits per heavy atom. The summed E-state index contributed by atoms with van der Waals surface area (Å²) in [7, 11) is 0. The zero-order chi connectivity index (χ0) is 17.0. The molecule has 0 saturated carbocycles. The van der Waals surface area contributed by atoms with E-state index in [0.29, 0.717) is 11.6 Å². The molecule has 0 fully saturated rings. The maximum Gasteiger partial charge on any atom is 0.433 e. The third-order valence-electron chi connectivity index (χ3n) is 3.67. The molecule has 0 spiro atoms. The van der Waals surface area contributed by atoms with Crippen molar-refractivity contribution in [2.24, 2.45) is 0 Å². The molecule has 1 N–H and O–H groups in total. The number of carbonyl (C=O) groups excluding carboxylic acids is 1. The van der Waals surface area contributed by atoms with E-state index in [-0.39, 0.29) is 5.56 Å². The summed E-state index contributed by atoms with van der Waals surface area (Å²) in [5, 5.41) is 2.64. The Balaban J connectivity index is 2.07. The number of pyridine rings is 1. The minimum atomic E-state index is -4.51. The van der Waals surface area contributed by atoms with Crippen LogP contribution in [-0.4, -0.2) is 10.9 Å². The van der Waals surface area contributed by atoms with E-state index in [4.69, 9.17) is 0 Å². The number of hydrogen-bond acceptors (Lipinski definition) is 2. The van der Waals surface area contributed by atoms with Gasteiger partial charge in [0.15, 0.2) is 0 Å². The van der Waals surface area contributed by atoms with E-state index in [1.54, 1.807) is 12.1 Å². The number of aromatic nitrogens is 1. The van der Waals surface area contributed by atoms with Crippen molar-refractivity contribution >= 4 is 11.6 Å². The number of benzene rings is 1. The minimum absolute atomic E-state index is 0.0732. The van der Waals surface area contributed by atoms with Crippen LogP contribution in [0.4, 0.5) is 18.9 Å². The summed E-state index contributed by atoms with van der Waals surface area (Å²) in [5.41, 5.74) is 0.805. The molecule has 0 saturated heterocycles. The number of nitrogens with one attached hydrogen (secondary N) is 1. The van der Waals surface area contributed by atoms with Crippen LogP contribution in [-0.2, 0) is 6.18 Å². The Morgan fingerprint density at radius 2 is 1.83 bits per heavy atom. The first-order valence-corrected chi connectivity index (χ1v) is 7.25. The van der Waals surface area contributed by atoms with Crippen LogP contribution in [0.15, 0.2) is 42.6 Å². The lowest BCUT2D eigenvalue weighted by atomic mass is 9.98. The fourth-order valence-corrected chi connectivity index (χ4v) is 2.03. The van der Waals surface area contributed by atoms with Gasteiger partial charge in [-0.3, -0.25) is 9.78 Å². The standard InChI is InChI=1S/C17H17F3N2O/c1-3-11(2)12-4-7-14(8-5-12)22-16(23)13-6-9-15(21-10-13)17(18,19)20/h4-11H,3H2,1-2H3,(H,22,23)/t11-/m1/s1. The second-order valence-corrected chi connectivity index (χ2v) is 5.32. The first-order valence-electron chi connectivity index (χ1n) is 7.25. The molecule has 6 heteroatoms. The van der Waals surface area contributed by atoms with Crippen LogP contribution >= 0.6 is 0 Å². The molecule has 0 bridgehead atoms. The fraction of sp³-hybridized carbons (Fsp3) is 0.294. The van der Waals surface area contributed by atoms with E-state index in [0.717, 1.165) is 24.8 Å². The molecule has 0 aliphatic heterocycles. The number of rotatable bonds is 4. The molecule has 1 aromatic heterocycles. The summed E-state index contributed by atoms with van der Waals surface area (Å²) in [5.74, 6) is -0.0682. The van der Waals surface area contributed by atoms with Crippen molar-refractivity contribution in [3.8, 4) is 0 Å². The zero-order valence-corrected chi connectivity index (χ0v) is 12.8. The number of hydrogen-bond donors (Lipinski definition) is 1. The molecule has 3 nitrogen and oxygen atoms in total. The predicted octanol–water partition coefficient (Wildman–Crippen LogP) is 4.87. The summed E-state index contributed by atoms with van der Waals surface area (Å²) >= 11 is 0. The largest absolute Gasteiger partial charge is 0.433 e. The van der Waals surface area contributed by atoms with Gasteiger partial charge in [-0.2, -0.15) is 13.2 Å². The molecular weight excluding hydrogens is 305 g/mol. The van der Waals surface area contributed by atoms with Gasteiger partial charge in [0.05, 0.1) is 5.56 Å². The first kappa shape index (κ1) is 17.0. The molecule has 122 valence electrons. The summed E-state index contributed by atoms with van der Waals surface area (Å²) < 4.78 is 37.3. The third-order valence-corrected chi connectivity index (χ3v) is 3.67. The topological polar surface area (TPSA) is 42.0 Å². The third kappa shape index (κ3) is 4.31. The molecule has 1 atom stereocenters. The molecule has 23 heavy (non-hydrogen) atoms. The molecular formula is C17H17F3N2O. The highest BCUT2D eigenvalue weighted by molar-refractivity contribution is 6.04. The van der Waals surface area contributed by atoms with Gasteiger partial charge in [-0.05, 0) is 42.2 Å². The molecule has 2 aromatic rings. The Kier molecular flexibility index (Phi) is 5.03. The van der Waals surface area contributed by atoms with Gasteiger partial charge in [-0.1, -0.05) is 26.0 Å². The van der Waals surface area contributed by atoms with Gasteiger partial charge in [0.2, 0.25) is 0 Å². The molecule has 1 heterocycles. The lowest BCUT2D eigenvalue weighted by molar-refractivity contribution is -0.141. The highest BCUT2D eigenvalue weighted by atomic mass is 19.4. The maximum atomic E-state index is 12.4. The number of anilines is 1. The first-order chi connectivity index (χ1) is 10.8. The van der Waals surface area contributed by atoms with Gasteiger partial charge in [0.25, 0.3) is 5.91 Å². The smallest absolute Gasteiger partial charge is 0.322 e. The van der Waals surface area contributed by atoms with Crippen molar-refractivity contribution in [2.45, 2.75) is 32.4 Å². The van der Waals surface area contributed by atoms with Crippen LogP contribution in [0.25, 0.3) is 0 Å². The van der Waals surface area contributed by atoms with Crippen LogP contribution < -0.4 is 5.32 Å². The van der Waals surface area contributed by atoms with Crippen LogP contribution in [0.3, 0.4) is 0 Å². The van der Waals surface area contributed by atoms with Crippen molar-refractivity contribution in [2.75, 3.05) is 5.32 Å². The molecule has 0 unspecified atom stereocenters. The summed E-state index contributed by atoms with van der Waals surface area (Å²) in [6.07, 6.45) is -2.57. The van der Waals surface area contributed by atoms with Gasteiger partial charge in [-0.15, -0.1) is 0 Å². The molecule has 0 aliphatic carbocycles. The SMILES string of the molecule is CC[C@@H](C)c1ccc(NC(=O)c2ccc(C(F)(F)F)nc2)cc1. The molecule has 0 aliphatic rings. The number of carbonyl (C=O) groups is 1. The number of halogens is 3. The van der Waals surface area contributed by atoms with Gasteiger partial charge < -0.3 is 5.32 Å². The van der Waals surface area contributed by atoms with E-state index in [1.807, 2.05) is 12.1 Å². The molecule has 0 radical (unpaired) electrons. The second-order valence-electron chi connectivity index (χ2n) is 5.32. The van der Waals surface area contributed by atoms with E-state index in [2.05, 4.69) is 24.1 Å². The highest BCUT2D eigenvalue weighted by Crippen LogP contribution is 2.27. The van der Waals surface area contributed by atoms with Crippen molar-refractivity contribution in [1.29, 1.82) is 0 Å². The Morgan fingerprint density at radius 1 is 1.17 bits per heavy atom. The maximum absolute atomic E-state index is 12.4. The normalized spacial score (nSPS) is 12.7. The number of amides is 1. The Bertz CT molecular complexity index is 664. The molecule has 1 aromatic carbocycles. The van der Waals surface area contributed by atoms with Crippen molar-refractivity contribution in [1.82, 2.24) is 4.98 Å².